The summed E-state index contributed by atoms with van der Waals surface area (Å²) in [6, 6.07) is 19.5. The summed E-state index contributed by atoms with van der Waals surface area (Å²) in [5.74, 6) is 0.793. The van der Waals surface area contributed by atoms with Crippen molar-refractivity contribution in [3.05, 3.63) is 92.1 Å². The van der Waals surface area contributed by atoms with Gasteiger partial charge in [0, 0.05) is 8.95 Å². The van der Waals surface area contributed by atoms with Gasteiger partial charge in [0.05, 0.1) is 18.8 Å². The molecule has 0 amide bonds. The zero-order chi connectivity index (χ0) is 20.8. The van der Waals surface area contributed by atoms with Gasteiger partial charge >= 0.3 is 0 Å². The number of rotatable bonds is 6. The first kappa shape index (κ1) is 21.1. The van der Waals surface area contributed by atoms with Crippen LogP contribution in [-0.2, 0) is 6.61 Å². The molecule has 0 heterocycles. The van der Waals surface area contributed by atoms with Crippen LogP contribution in [-0.4, -0.2) is 7.11 Å². The summed E-state index contributed by atoms with van der Waals surface area (Å²) in [5, 5.41) is 9.58. The average molecular weight is 517 g/mol. The van der Waals surface area contributed by atoms with Gasteiger partial charge in [-0.3, -0.25) is 0 Å². The van der Waals surface area contributed by atoms with Crippen LogP contribution < -0.4 is 9.47 Å². The molecule has 0 fully saturated rings. The van der Waals surface area contributed by atoms with Gasteiger partial charge in [-0.25, -0.2) is 4.39 Å². The summed E-state index contributed by atoms with van der Waals surface area (Å²) in [6.07, 6.45) is 1.79. The molecule has 3 aromatic carbocycles. The molecular formula is C23H16Br2FNO2. The number of nitrogens with zero attached hydrogens (tertiary/aromatic N) is 1. The molecule has 0 aliphatic heterocycles. The molecule has 0 bridgehead atoms. The minimum absolute atomic E-state index is 0.278. The van der Waals surface area contributed by atoms with Crippen LogP contribution in [0.3, 0.4) is 0 Å². The predicted molar refractivity (Wildman–Crippen MR) is 119 cm³/mol. The lowest BCUT2D eigenvalue weighted by Crippen LogP contribution is -1.98. The largest absolute Gasteiger partial charge is 0.493 e. The van der Waals surface area contributed by atoms with Crippen LogP contribution in [0.2, 0.25) is 0 Å². The zero-order valence-corrected chi connectivity index (χ0v) is 18.6. The van der Waals surface area contributed by atoms with Crippen molar-refractivity contribution >= 4 is 43.5 Å². The van der Waals surface area contributed by atoms with E-state index in [1.165, 1.54) is 12.1 Å². The molecule has 0 radical (unpaired) electrons. The van der Waals surface area contributed by atoms with Crippen LogP contribution in [0.5, 0.6) is 11.5 Å². The molecule has 0 aliphatic carbocycles. The highest BCUT2D eigenvalue weighted by molar-refractivity contribution is 9.10. The number of nitriles is 1. The van der Waals surface area contributed by atoms with Gasteiger partial charge in [0.25, 0.3) is 0 Å². The van der Waals surface area contributed by atoms with E-state index in [1.54, 1.807) is 37.5 Å². The van der Waals surface area contributed by atoms with Crippen molar-refractivity contribution in [1.29, 1.82) is 5.26 Å². The van der Waals surface area contributed by atoms with Crippen LogP contribution >= 0.6 is 31.9 Å². The molecular weight excluding hydrogens is 501 g/mol. The minimum atomic E-state index is -0.288. The number of hydrogen-bond acceptors (Lipinski definition) is 3. The van der Waals surface area contributed by atoms with E-state index in [-0.39, 0.29) is 12.4 Å². The van der Waals surface area contributed by atoms with Gasteiger partial charge in [0.15, 0.2) is 11.5 Å². The fourth-order valence-electron chi connectivity index (χ4n) is 2.64. The Kier molecular flexibility index (Phi) is 7.08. The zero-order valence-electron chi connectivity index (χ0n) is 15.5. The van der Waals surface area contributed by atoms with Gasteiger partial charge in [-0.15, -0.1) is 0 Å². The normalized spacial score (nSPS) is 11.1. The first-order valence-corrected chi connectivity index (χ1v) is 10.2. The lowest BCUT2D eigenvalue weighted by atomic mass is 10.0. The van der Waals surface area contributed by atoms with E-state index in [0.29, 0.717) is 17.1 Å². The Hall–Kier alpha value is -2.62. The van der Waals surface area contributed by atoms with Crippen LogP contribution in [0.25, 0.3) is 11.6 Å². The molecule has 0 spiro atoms. The van der Waals surface area contributed by atoms with Crippen LogP contribution in [0.15, 0.2) is 69.6 Å². The van der Waals surface area contributed by atoms with E-state index in [1.807, 2.05) is 24.3 Å². The number of benzene rings is 3. The molecule has 3 nitrogen and oxygen atoms in total. The number of ether oxygens (including phenoxy) is 2. The molecule has 0 saturated carbocycles. The standard InChI is InChI=1S/C23H16Br2FNO2/c1-28-22-11-17(10-18(13-27)16-4-6-19(24)7-5-16)21(25)12-23(22)29-14-15-2-8-20(26)9-3-15/h2-12H,14H2,1H3/b18-10+. The Balaban J connectivity index is 1.88. The van der Waals surface area contributed by atoms with E-state index >= 15 is 0 Å². The Labute approximate surface area is 185 Å². The topological polar surface area (TPSA) is 42.2 Å². The van der Waals surface area contributed by atoms with Crippen molar-refractivity contribution in [3.63, 3.8) is 0 Å². The van der Waals surface area contributed by atoms with Gasteiger partial charge < -0.3 is 9.47 Å². The van der Waals surface area contributed by atoms with E-state index in [9.17, 15) is 9.65 Å². The molecule has 0 atom stereocenters. The van der Waals surface area contributed by atoms with E-state index in [0.717, 1.165) is 25.6 Å². The minimum Gasteiger partial charge on any atom is -0.493 e. The lowest BCUT2D eigenvalue weighted by molar-refractivity contribution is 0.284. The maximum absolute atomic E-state index is 13.0. The molecule has 146 valence electrons. The third-order valence-corrected chi connectivity index (χ3v) is 5.38. The second kappa shape index (κ2) is 9.73. The van der Waals surface area contributed by atoms with E-state index < -0.39 is 0 Å². The first-order chi connectivity index (χ1) is 14.0. The lowest BCUT2D eigenvalue weighted by Gasteiger charge is -2.13. The number of allylic oxidation sites excluding steroid dienone is 1. The molecule has 0 unspecified atom stereocenters. The highest BCUT2D eigenvalue weighted by Crippen LogP contribution is 2.36. The summed E-state index contributed by atoms with van der Waals surface area (Å²) in [7, 11) is 1.56. The smallest absolute Gasteiger partial charge is 0.162 e. The predicted octanol–water partition coefficient (Wildman–Crippen LogP) is 7.00. The molecule has 3 aromatic rings. The molecule has 0 aromatic heterocycles. The highest BCUT2D eigenvalue weighted by atomic mass is 79.9. The van der Waals surface area contributed by atoms with Crippen molar-refractivity contribution < 1.29 is 13.9 Å². The van der Waals surface area contributed by atoms with Gasteiger partial charge in [0.1, 0.15) is 12.4 Å². The molecule has 0 N–H and O–H groups in total. The molecule has 6 heteroatoms. The monoisotopic (exact) mass is 515 g/mol. The summed E-state index contributed by atoms with van der Waals surface area (Å²) in [6.45, 7) is 0.278. The fraction of sp³-hybridized carbons (Fsp3) is 0.0870. The molecule has 29 heavy (non-hydrogen) atoms. The third-order valence-electron chi connectivity index (χ3n) is 4.17. The van der Waals surface area contributed by atoms with Crippen LogP contribution in [0, 0.1) is 17.1 Å². The van der Waals surface area contributed by atoms with Crippen molar-refractivity contribution in [1.82, 2.24) is 0 Å². The second-order valence-electron chi connectivity index (χ2n) is 6.12. The highest BCUT2D eigenvalue weighted by Gasteiger charge is 2.11. The number of halogens is 3. The van der Waals surface area contributed by atoms with Crippen molar-refractivity contribution in [2.45, 2.75) is 6.61 Å². The summed E-state index contributed by atoms with van der Waals surface area (Å²) in [4.78, 5) is 0. The first-order valence-electron chi connectivity index (χ1n) is 8.62. The average Bonchev–Trinajstić information content (AvgIpc) is 2.73. The number of hydrogen-bond donors (Lipinski definition) is 0. The van der Waals surface area contributed by atoms with E-state index in [4.69, 9.17) is 9.47 Å². The van der Waals surface area contributed by atoms with Gasteiger partial charge in [-0.1, -0.05) is 56.1 Å². The van der Waals surface area contributed by atoms with Crippen LogP contribution in [0.4, 0.5) is 4.39 Å². The maximum Gasteiger partial charge on any atom is 0.162 e. The quantitative estimate of drug-likeness (QED) is 0.261. The Morgan fingerprint density at radius 3 is 2.34 bits per heavy atom. The Bertz CT molecular complexity index is 1070. The van der Waals surface area contributed by atoms with Gasteiger partial charge in [0.2, 0.25) is 0 Å². The maximum atomic E-state index is 13.0. The molecule has 0 saturated heterocycles. The Morgan fingerprint density at radius 2 is 1.72 bits per heavy atom. The summed E-state index contributed by atoms with van der Waals surface area (Å²) >= 11 is 6.94. The van der Waals surface area contributed by atoms with Crippen molar-refractivity contribution in [2.75, 3.05) is 7.11 Å². The second-order valence-corrected chi connectivity index (χ2v) is 7.89. The summed E-state index contributed by atoms with van der Waals surface area (Å²) in [5.41, 5.74) is 2.98. The number of methoxy groups -OCH3 is 1. The third kappa shape index (κ3) is 5.47. The van der Waals surface area contributed by atoms with Gasteiger partial charge in [-0.05, 0) is 59.2 Å². The molecule has 3 rings (SSSR count). The fourth-order valence-corrected chi connectivity index (χ4v) is 3.34. The van der Waals surface area contributed by atoms with Crippen molar-refractivity contribution in [3.8, 4) is 17.6 Å². The molecule has 0 aliphatic rings. The Morgan fingerprint density at radius 1 is 1.03 bits per heavy atom. The van der Waals surface area contributed by atoms with E-state index in [2.05, 4.69) is 37.9 Å². The van der Waals surface area contributed by atoms with Crippen LogP contribution in [0.1, 0.15) is 16.7 Å². The SMILES string of the molecule is COc1cc(/C=C(\C#N)c2ccc(Br)cc2)c(Br)cc1OCc1ccc(F)cc1. The van der Waals surface area contributed by atoms with Gasteiger partial charge in [-0.2, -0.15) is 5.26 Å². The summed E-state index contributed by atoms with van der Waals surface area (Å²) < 4.78 is 26.1. The van der Waals surface area contributed by atoms with Crippen molar-refractivity contribution in [2.24, 2.45) is 0 Å².